The summed E-state index contributed by atoms with van der Waals surface area (Å²) in [5, 5.41) is 4.94. The Morgan fingerprint density at radius 1 is 0.588 bits per heavy atom. The van der Waals surface area contributed by atoms with Crippen molar-refractivity contribution in [2.45, 2.75) is 31.1 Å². The minimum Gasteiger partial charge on any atom is -0.293 e. The molecule has 2 bridgehead atoms. The quantitative estimate of drug-likeness (QED) is 0.190. The predicted molar refractivity (Wildman–Crippen MR) is 206 cm³/mol. The van der Waals surface area contributed by atoms with Crippen LogP contribution in [0.2, 0.25) is 0 Å². The monoisotopic (exact) mass is 653 g/mol. The van der Waals surface area contributed by atoms with Crippen LogP contribution in [0.3, 0.4) is 0 Å². The van der Waals surface area contributed by atoms with E-state index in [1.165, 1.54) is 75.0 Å². The summed E-state index contributed by atoms with van der Waals surface area (Å²) in [6.45, 7) is 0. The van der Waals surface area contributed by atoms with Crippen molar-refractivity contribution >= 4 is 32.6 Å². The first-order chi connectivity index (χ1) is 25.2. The summed E-state index contributed by atoms with van der Waals surface area (Å²) in [6.07, 6.45) is 7.79. The Kier molecular flexibility index (Phi) is 4.92. The summed E-state index contributed by atoms with van der Waals surface area (Å²) in [6, 6.07) is 49.6. The Balaban J connectivity index is 1.00. The number of rotatable bonds is 3. The zero-order chi connectivity index (χ0) is 33.1. The molecule has 51 heavy (non-hydrogen) atoms. The largest absolute Gasteiger partial charge is 0.293 e. The van der Waals surface area contributed by atoms with Crippen molar-refractivity contribution in [1.82, 2.24) is 14.5 Å². The van der Waals surface area contributed by atoms with Gasteiger partial charge in [-0.2, -0.15) is 0 Å². The molecule has 0 radical (unpaired) electrons. The van der Waals surface area contributed by atoms with Crippen molar-refractivity contribution in [3.63, 3.8) is 0 Å². The molecule has 6 unspecified atom stereocenters. The van der Waals surface area contributed by atoms with Gasteiger partial charge in [0.1, 0.15) is 5.82 Å². The number of fused-ring (bicyclic) bond motifs is 13. The van der Waals surface area contributed by atoms with E-state index in [0.29, 0.717) is 5.41 Å². The minimum atomic E-state index is 0.241. The van der Waals surface area contributed by atoms with E-state index in [4.69, 9.17) is 4.98 Å². The Hall–Kier alpha value is -5.54. The van der Waals surface area contributed by atoms with E-state index in [9.17, 15) is 0 Å². The van der Waals surface area contributed by atoms with Crippen LogP contribution in [0.25, 0.3) is 72.0 Å². The molecule has 0 aliphatic heterocycles. The molecule has 13 rings (SSSR count). The zero-order valence-electron chi connectivity index (χ0n) is 28.3. The topological polar surface area (TPSA) is 30.7 Å². The Bertz CT molecular complexity index is 2810. The molecule has 5 aliphatic rings. The molecule has 8 aromatic rings. The van der Waals surface area contributed by atoms with Gasteiger partial charge in [-0.1, -0.05) is 109 Å². The summed E-state index contributed by atoms with van der Waals surface area (Å²) >= 11 is 0. The van der Waals surface area contributed by atoms with Gasteiger partial charge >= 0.3 is 0 Å². The van der Waals surface area contributed by atoms with Gasteiger partial charge in [-0.05, 0) is 118 Å². The van der Waals surface area contributed by atoms with Crippen molar-refractivity contribution in [1.29, 1.82) is 0 Å². The summed E-state index contributed by atoms with van der Waals surface area (Å²) < 4.78 is 2.35. The average Bonchev–Trinajstić information content (AvgIpc) is 3.91. The van der Waals surface area contributed by atoms with Crippen molar-refractivity contribution < 1.29 is 0 Å². The fourth-order valence-electron chi connectivity index (χ4n) is 12.9. The lowest BCUT2D eigenvalue weighted by atomic mass is 9.27. The smallest absolute Gasteiger partial charge is 0.161 e. The number of benzene rings is 6. The Labute approximate surface area is 296 Å². The number of aromatic nitrogens is 3. The van der Waals surface area contributed by atoms with E-state index in [-0.39, 0.29) is 5.41 Å². The third kappa shape index (κ3) is 3.11. The first kappa shape index (κ1) is 27.2. The third-order valence-corrected chi connectivity index (χ3v) is 14.5. The van der Waals surface area contributed by atoms with E-state index in [2.05, 4.69) is 119 Å². The summed E-state index contributed by atoms with van der Waals surface area (Å²) in [5.41, 5.74) is 13.0. The van der Waals surface area contributed by atoms with Crippen LogP contribution in [-0.4, -0.2) is 14.5 Å². The molecule has 3 nitrogen and oxygen atoms in total. The maximum absolute atomic E-state index is 5.16. The van der Waals surface area contributed by atoms with E-state index >= 15 is 0 Å². The van der Waals surface area contributed by atoms with Gasteiger partial charge in [-0.25, -0.2) is 9.97 Å². The molecule has 0 saturated heterocycles. The van der Waals surface area contributed by atoms with Crippen LogP contribution in [-0.2, 0) is 5.41 Å². The molecule has 2 spiro atoms. The van der Waals surface area contributed by atoms with Gasteiger partial charge in [0.05, 0.1) is 11.0 Å². The highest BCUT2D eigenvalue weighted by Crippen LogP contribution is 2.89. The highest BCUT2D eigenvalue weighted by molar-refractivity contribution is 6.19. The molecule has 6 atom stereocenters. The van der Waals surface area contributed by atoms with Gasteiger partial charge < -0.3 is 0 Å². The van der Waals surface area contributed by atoms with Gasteiger partial charge in [-0.15, -0.1) is 0 Å². The Morgan fingerprint density at radius 2 is 1.39 bits per heavy atom. The van der Waals surface area contributed by atoms with Crippen molar-refractivity contribution in [2.75, 3.05) is 0 Å². The van der Waals surface area contributed by atoms with Crippen LogP contribution in [0.5, 0.6) is 0 Å². The molecule has 4 saturated carbocycles. The van der Waals surface area contributed by atoms with E-state index in [0.717, 1.165) is 46.4 Å². The summed E-state index contributed by atoms with van der Waals surface area (Å²) in [7, 11) is 0. The maximum atomic E-state index is 5.16. The molecule has 2 heterocycles. The van der Waals surface area contributed by atoms with Gasteiger partial charge in [0.2, 0.25) is 0 Å². The van der Waals surface area contributed by atoms with Gasteiger partial charge in [0, 0.05) is 33.3 Å². The van der Waals surface area contributed by atoms with Crippen molar-refractivity contribution in [2.24, 2.45) is 29.1 Å². The lowest BCUT2D eigenvalue weighted by Gasteiger charge is -2.76. The summed E-state index contributed by atoms with van der Waals surface area (Å²) in [4.78, 5) is 9.83. The molecule has 3 heteroatoms. The average molecular weight is 654 g/mol. The van der Waals surface area contributed by atoms with Crippen molar-refractivity contribution in [3.05, 3.63) is 151 Å². The van der Waals surface area contributed by atoms with E-state index in [1.54, 1.807) is 11.1 Å². The Morgan fingerprint density at radius 3 is 2.33 bits per heavy atom. The van der Waals surface area contributed by atoms with E-state index in [1.807, 2.05) is 30.5 Å². The lowest BCUT2D eigenvalue weighted by Crippen LogP contribution is -2.73. The minimum absolute atomic E-state index is 0.241. The fourth-order valence-corrected chi connectivity index (χ4v) is 12.9. The predicted octanol–water partition coefficient (Wildman–Crippen LogP) is 11.4. The van der Waals surface area contributed by atoms with Crippen LogP contribution < -0.4 is 0 Å². The van der Waals surface area contributed by atoms with E-state index < -0.39 is 0 Å². The number of hydrogen-bond donors (Lipinski definition) is 0. The second-order valence-corrected chi connectivity index (χ2v) is 16.2. The normalized spacial score (nSPS) is 27.5. The zero-order valence-corrected chi connectivity index (χ0v) is 28.3. The number of nitrogens with zero attached hydrogens (tertiary/aromatic N) is 3. The van der Waals surface area contributed by atoms with Crippen LogP contribution in [0, 0.1) is 29.1 Å². The van der Waals surface area contributed by atoms with Crippen LogP contribution >= 0.6 is 0 Å². The molecular weight excluding hydrogens is 619 g/mol. The van der Waals surface area contributed by atoms with Crippen molar-refractivity contribution in [3.8, 4) is 39.5 Å². The lowest BCUT2D eigenvalue weighted by molar-refractivity contribution is -0.231. The molecule has 4 fully saturated rings. The van der Waals surface area contributed by atoms with Gasteiger partial charge in [-0.3, -0.25) is 4.57 Å². The second-order valence-electron chi connectivity index (χ2n) is 16.2. The molecule has 242 valence electrons. The van der Waals surface area contributed by atoms with Crippen LogP contribution in [0.4, 0.5) is 0 Å². The first-order valence-electron chi connectivity index (χ1n) is 18.8. The maximum Gasteiger partial charge on any atom is 0.161 e. The fraction of sp³-hybridized carbons (Fsp3) is 0.208. The summed E-state index contributed by atoms with van der Waals surface area (Å²) in [5.74, 6) is 5.26. The molecule has 0 N–H and O–H groups in total. The second kappa shape index (κ2) is 9.22. The van der Waals surface area contributed by atoms with Crippen LogP contribution in [0.15, 0.2) is 140 Å². The highest BCUT2D eigenvalue weighted by atomic mass is 15.1. The van der Waals surface area contributed by atoms with Gasteiger partial charge in [0.25, 0.3) is 0 Å². The standard InChI is InChI=1S/C48H35N3/c1-2-9-30(10-3-1)46-49-21-20-44(50-46)51-41-19-16-32(25-38(41)36-17-14-29-8-4-5-11-34(29)45(36)51)31-15-18-40-37(24-31)35-12-6-7-13-39(35)48(40)42-23-28-22-33-26-43(48)47(33,42)27-28/h1-21,24-25,28,33,42-43H,22-23,26-27H2. The molecule has 5 aliphatic carbocycles. The van der Waals surface area contributed by atoms with Crippen LogP contribution in [0.1, 0.15) is 36.8 Å². The third-order valence-electron chi connectivity index (χ3n) is 14.5. The number of hydrogen-bond acceptors (Lipinski definition) is 2. The van der Waals surface area contributed by atoms with Gasteiger partial charge in [0.15, 0.2) is 5.82 Å². The molecule has 2 aromatic heterocycles. The molecule has 0 amide bonds. The molecule has 6 aromatic carbocycles. The SMILES string of the molecule is c1ccc(-c2nccc(-n3c4ccc(-c5ccc6c(c5)-c5ccccc5C65C6CC7CC8CC5C86C7)cc4c4ccc5ccccc5c43)n2)cc1. The highest BCUT2D eigenvalue weighted by Gasteiger charge is 2.84. The first-order valence-corrected chi connectivity index (χ1v) is 18.8. The molecular formula is C48H35N3.